The fourth-order valence-electron chi connectivity index (χ4n) is 1.37. The van der Waals surface area contributed by atoms with Crippen molar-refractivity contribution in [3.63, 3.8) is 0 Å². The fourth-order valence-corrected chi connectivity index (χ4v) is 1.37. The predicted molar refractivity (Wildman–Crippen MR) is 66.4 cm³/mol. The minimum Gasteiger partial charge on any atom is -0.479 e. The smallest absolute Gasteiger partial charge is 0.332 e. The number of carbonyl (C=O) groups is 2. The molecular weight excluding hydrogens is 274 g/mol. The monoisotopic (exact) mass is 288 g/mol. The van der Waals surface area contributed by atoms with E-state index in [0.29, 0.717) is 0 Å². The van der Waals surface area contributed by atoms with E-state index in [1.165, 1.54) is 13.0 Å². The molecule has 1 atom stereocenters. The molecule has 0 aliphatic carbocycles. The van der Waals surface area contributed by atoms with E-state index >= 15 is 0 Å². The van der Waals surface area contributed by atoms with E-state index in [1.807, 2.05) is 5.32 Å². The van der Waals surface area contributed by atoms with Crippen LogP contribution in [0.1, 0.15) is 12.0 Å². The van der Waals surface area contributed by atoms with Gasteiger partial charge in [0.2, 0.25) is 0 Å². The van der Waals surface area contributed by atoms with Crippen LogP contribution >= 0.6 is 0 Å². The molecule has 0 spiro atoms. The average Bonchev–Trinajstić information content (AvgIpc) is 2.39. The number of rotatable bonds is 5. The van der Waals surface area contributed by atoms with Crippen molar-refractivity contribution in [2.45, 2.75) is 19.4 Å². The van der Waals surface area contributed by atoms with Gasteiger partial charge in [-0.05, 0) is 18.6 Å². The number of aliphatic hydroxyl groups excluding tert-OH is 1. The van der Waals surface area contributed by atoms with Gasteiger partial charge in [0, 0.05) is 13.0 Å². The van der Waals surface area contributed by atoms with E-state index in [0.717, 1.165) is 6.07 Å². The molecule has 0 bridgehead atoms. The molecule has 0 heterocycles. The Morgan fingerprint density at radius 2 is 2.00 bits per heavy atom. The zero-order valence-corrected chi connectivity index (χ0v) is 10.6. The second-order valence-electron chi connectivity index (χ2n) is 4.08. The molecule has 1 aromatic carbocycles. The summed E-state index contributed by atoms with van der Waals surface area (Å²) in [6.45, 7) is 1.26. The molecule has 6 nitrogen and oxygen atoms in total. The first-order valence-corrected chi connectivity index (χ1v) is 5.73. The first-order chi connectivity index (χ1) is 9.32. The SMILES string of the molecule is Cc1ccc(F)c(NC(=O)NCCC(O)C(=O)O)c1F. The van der Waals surface area contributed by atoms with Crippen molar-refractivity contribution >= 4 is 17.7 Å². The lowest BCUT2D eigenvalue weighted by Gasteiger charge is -2.11. The van der Waals surface area contributed by atoms with Crippen molar-refractivity contribution in [1.82, 2.24) is 5.32 Å². The highest BCUT2D eigenvalue weighted by molar-refractivity contribution is 5.89. The number of hydrogen-bond donors (Lipinski definition) is 4. The van der Waals surface area contributed by atoms with Gasteiger partial charge in [0.25, 0.3) is 0 Å². The fraction of sp³-hybridized carbons (Fsp3) is 0.333. The number of carboxylic acid groups (broad SMARTS) is 1. The topological polar surface area (TPSA) is 98.7 Å². The summed E-state index contributed by atoms with van der Waals surface area (Å²) >= 11 is 0. The number of nitrogens with one attached hydrogen (secondary N) is 2. The summed E-state index contributed by atoms with van der Waals surface area (Å²) in [5.74, 6) is -3.22. The molecule has 20 heavy (non-hydrogen) atoms. The van der Waals surface area contributed by atoms with Gasteiger partial charge in [0.15, 0.2) is 11.9 Å². The zero-order chi connectivity index (χ0) is 15.3. The van der Waals surface area contributed by atoms with Crippen LogP contribution in [0.2, 0.25) is 0 Å². The van der Waals surface area contributed by atoms with Crippen molar-refractivity contribution in [3.05, 3.63) is 29.3 Å². The van der Waals surface area contributed by atoms with Crippen molar-refractivity contribution in [2.75, 3.05) is 11.9 Å². The Morgan fingerprint density at radius 3 is 2.60 bits per heavy atom. The lowest BCUT2D eigenvalue weighted by atomic mass is 10.2. The minimum absolute atomic E-state index is 0.158. The van der Waals surface area contributed by atoms with Crippen LogP contribution in [0.15, 0.2) is 12.1 Å². The van der Waals surface area contributed by atoms with E-state index in [1.54, 1.807) is 0 Å². The molecule has 0 aromatic heterocycles. The average molecular weight is 288 g/mol. The van der Waals surface area contributed by atoms with E-state index < -0.39 is 35.4 Å². The molecule has 1 aromatic rings. The Labute approximate surface area is 113 Å². The minimum atomic E-state index is -1.61. The second kappa shape index (κ2) is 6.80. The van der Waals surface area contributed by atoms with Crippen LogP contribution in [0.4, 0.5) is 19.3 Å². The maximum atomic E-state index is 13.6. The van der Waals surface area contributed by atoms with Crippen LogP contribution < -0.4 is 10.6 Å². The van der Waals surface area contributed by atoms with E-state index in [9.17, 15) is 18.4 Å². The van der Waals surface area contributed by atoms with Gasteiger partial charge in [0.1, 0.15) is 11.5 Å². The van der Waals surface area contributed by atoms with Gasteiger partial charge < -0.3 is 20.8 Å². The second-order valence-corrected chi connectivity index (χ2v) is 4.08. The zero-order valence-electron chi connectivity index (χ0n) is 10.6. The van der Waals surface area contributed by atoms with Crippen LogP contribution in [0.25, 0.3) is 0 Å². The molecule has 1 rings (SSSR count). The number of aryl methyl sites for hydroxylation is 1. The maximum Gasteiger partial charge on any atom is 0.332 e. The first kappa shape index (κ1) is 15.8. The van der Waals surface area contributed by atoms with Crippen LogP contribution in [0, 0.1) is 18.6 Å². The Bertz CT molecular complexity index is 522. The molecule has 1 unspecified atom stereocenters. The summed E-state index contributed by atoms with van der Waals surface area (Å²) in [6.07, 6.45) is -1.83. The van der Waals surface area contributed by atoms with E-state index in [4.69, 9.17) is 10.2 Å². The number of benzene rings is 1. The molecule has 2 amide bonds. The van der Waals surface area contributed by atoms with Gasteiger partial charge in [-0.3, -0.25) is 0 Å². The summed E-state index contributed by atoms with van der Waals surface area (Å²) in [5.41, 5.74) is -0.413. The number of carboxylic acids is 1. The van der Waals surface area contributed by atoms with E-state index in [-0.39, 0.29) is 18.5 Å². The molecule has 4 N–H and O–H groups in total. The third kappa shape index (κ3) is 4.16. The van der Waals surface area contributed by atoms with Crippen LogP contribution in [0.3, 0.4) is 0 Å². The van der Waals surface area contributed by atoms with Gasteiger partial charge in [0.05, 0.1) is 0 Å². The lowest BCUT2D eigenvalue weighted by molar-refractivity contribution is -0.146. The van der Waals surface area contributed by atoms with Gasteiger partial charge in [-0.2, -0.15) is 0 Å². The quantitative estimate of drug-likeness (QED) is 0.655. The van der Waals surface area contributed by atoms with Crippen LogP contribution in [-0.2, 0) is 4.79 Å². The van der Waals surface area contributed by atoms with Crippen molar-refractivity contribution in [1.29, 1.82) is 0 Å². The van der Waals surface area contributed by atoms with Gasteiger partial charge in [-0.1, -0.05) is 6.07 Å². The molecule has 0 saturated heterocycles. The Hall–Kier alpha value is -2.22. The van der Waals surface area contributed by atoms with Crippen LogP contribution in [-0.4, -0.2) is 34.9 Å². The van der Waals surface area contributed by atoms with Gasteiger partial charge >= 0.3 is 12.0 Å². The van der Waals surface area contributed by atoms with Crippen molar-refractivity contribution in [3.8, 4) is 0 Å². The summed E-state index contributed by atoms with van der Waals surface area (Å²) in [4.78, 5) is 21.7. The highest BCUT2D eigenvalue weighted by atomic mass is 19.1. The molecule has 0 radical (unpaired) electrons. The summed E-state index contributed by atoms with van der Waals surface area (Å²) < 4.78 is 26.9. The predicted octanol–water partition coefficient (Wildman–Crippen LogP) is 1.23. The largest absolute Gasteiger partial charge is 0.479 e. The van der Waals surface area contributed by atoms with Crippen LogP contribution in [0.5, 0.6) is 0 Å². The molecule has 8 heteroatoms. The first-order valence-electron chi connectivity index (χ1n) is 5.73. The van der Waals surface area contributed by atoms with Crippen molar-refractivity contribution in [2.24, 2.45) is 0 Å². The molecule has 0 aliphatic heterocycles. The highest BCUT2D eigenvalue weighted by Gasteiger charge is 2.15. The maximum absolute atomic E-state index is 13.6. The summed E-state index contributed by atoms with van der Waals surface area (Å²) in [7, 11) is 0. The number of halogens is 2. The molecule has 0 saturated carbocycles. The molecule has 110 valence electrons. The molecular formula is C12H14F2N2O4. The van der Waals surface area contributed by atoms with E-state index in [2.05, 4.69) is 5.32 Å². The Kier molecular flexibility index (Phi) is 5.39. The highest BCUT2D eigenvalue weighted by Crippen LogP contribution is 2.21. The molecule has 0 fully saturated rings. The third-order valence-electron chi connectivity index (χ3n) is 2.51. The normalized spacial score (nSPS) is 11.8. The molecule has 0 aliphatic rings. The number of anilines is 1. The standard InChI is InChI=1S/C12H14F2N2O4/c1-6-2-3-7(13)10(9(6)14)16-12(20)15-5-4-8(17)11(18)19/h2-3,8,17H,4-5H2,1H3,(H,18,19)(H2,15,16,20). The number of aliphatic hydroxyl groups is 1. The summed E-state index contributed by atoms with van der Waals surface area (Å²) in [6, 6.07) is 1.35. The number of hydrogen-bond acceptors (Lipinski definition) is 3. The van der Waals surface area contributed by atoms with Gasteiger partial charge in [-0.15, -0.1) is 0 Å². The Morgan fingerprint density at radius 1 is 1.35 bits per heavy atom. The Balaban J connectivity index is 2.55. The summed E-state index contributed by atoms with van der Waals surface area (Å²) in [5, 5.41) is 21.5. The third-order valence-corrected chi connectivity index (χ3v) is 2.51. The number of urea groups is 1. The number of carbonyl (C=O) groups excluding carboxylic acids is 1. The van der Waals surface area contributed by atoms with Gasteiger partial charge in [-0.25, -0.2) is 18.4 Å². The van der Waals surface area contributed by atoms with Crippen molar-refractivity contribution < 1.29 is 28.6 Å². The number of aliphatic carboxylic acids is 1. The number of amides is 2. The lowest BCUT2D eigenvalue weighted by Crippen LogP contribution is -2.33.